The van der Waals surface area contributed by atoms with E-state index in [0.717, 1.165) is 25.0 Å². The first-order valence-electron chi connectivity index (χ1n) is 6.47. The van der Waals surface area contributed by atoms with Crippen molar-refractivity contribution in [2.45, 2.75) is 43.0 Å². The van der Waals surface area contributed by atoms with E-state index < -0.39 is 0 Å². The molecule has 2 heterocycles. The van der Waals surface area contributed by atoms with Gasteiger partial charge in [0.2, 0.25) is 5.91 Å². The molecule has 0 aromatic rings. The lowest BCUT2D eigenvalue weighted by Crippen LogP contribution is -2.36. The summed E-state index contributed by atoms with van der Waals surface area (Å²) >= 11 is 1.97. The van der Waals surface area contributed by atoms with Crippen LogP contribution in [0, 0.1) is 0 Å². The fourth-order valence-electron chi connectivity index (χ4n) is 2.31. The van der Waals surface area contributed by atoms with Crippen molar-refractivity contribution < 1.29 is 14.8 Å². The van der Waals surface area contributed by atoms with Gasteiger partial charge >= 0.3 is 0 Å². The van der Waals surface area contributed by atoms with Crippen LogP contribution in [0.15, 0.2) is 0 Å². The first-order valence-corrected chi connectivity index (χ1v) is 7.52. The number of unbranched alkanes of at least 4 members (excludes halogenated alkanes) is 1. The number of carbonyl (C=O) groups is 1. The van der Waals surface area contributed by atoms with Gasteiger partial charge in [-0.2, -0.15) is 22.7 Å². The number of hydroxylamine groups is 2. The topological polar surface area (TPSA) is 82.6 Å². The summed E-state index contributed by atoms with van der Waals surface area (Å²) in [6.45, 7) is 0.361. The molecular formula is C11H21N3O3S. The Balaban J connectivity index is 1.54. The summed E-state index contributed by atoms with van der Waals surface area (Å²) in [6.07, 6.45) is 3.61. The van der Waals surface area contributed by atoms with E-state index in [0.29, 0.717) is 30.3 Å². The summed E-state index contributed by atoms with van der Waals surface area (Å²) < 4.78 is 0. The molecule has 3 atom stereocenters. The Kier molecular flexibility index (Phi) is 5.71. The Labute approximate surface area is 111 Å². The molecule has 2 aliphatic heterocycles. The van der Waals surface area contributed by atoms with Crippen molar-refractivity contribution in [2.75, 3.05) is 18.9 Å². The number of hydrogen-bond acceptors (Lipinski definition) is 6. The van der Waals surface area contributed by atoms with Gasteiger partial charge in [0.1, 0.15) is 0 Å². The summed E-state index contributed by atoms with van der Waals surface area (Å²) in [4.78, 5) is 16.3. The highest BCUT2D eigenvalue weighted by Crippen LogP contribution is 2.32. The molecule has 0 radical (unpaired) electrons. The largest absolute Gasteiger partial charge is 0.395 e. The number of amides is 1. The number of aliphatic hydroxyl groups is 1. The maximum atomic E-state index is 11.3. The van der Waals surface area contributed by atoms with Gasteiger partial charge in [0.05, 0.1) is 18.7 Å². The van der Waals surface area contributed by atoms with E-state index in [9.17, 15) is 4.79 Å². The number of carbonyl (C=O) groups excluding carboxylic acids is 1. The number of thioether (sulfide) groups is 1. The summed E-state index contributed by atoms with van der Waals surface area (Å²) in [5, 5.41) is 11.8. The zero-order valence-corrected chi connectivity index (χ0v) is 11.2. The number of rotatable bonds is 7. The lowest BCUT2D eigenvalue weighted by Gasteiger charge is -2.15. The van der Waals surface area contributed by atoms with Crippen LogP contribution in [0.5, 0.6) is 0 Å². The van der Waals surface area contributed by atoms with Crippen LogP contribution in [-0.2, 0) is 9.73 Å². The molecule has 1 amide bonds. The Hall–Kier alpha value is -0.340. The van der Waals surface area contributed by atoms with E-state index in [4.69, 9.17) is 10.0 Å². The van der Waals surface area contributed by atoms with Gasteiger partial charge in [-0.25, -0.2) is 4.94 Å². The molecule has 6 nitrogen and oxygen atoms in total. The van der Waals surface area contributed by atoms with E-state index in [2.05, 4.69) is 16.3 Å². The molecule has 18 heavy (non-hydrogen) atoms. The summed E-state index contributed by atoms with van der Waals surface area (Å²) in [5.41, 5.74) is 5.97. The van der Waals surface area contributed by atoms with E-state index in [1.54, 1.807) is 0 Å². The van der Waals surface area contributed by atoms with Crippen LogP contribution in [0.3, 0.4) is 0 Å². The highest BCUT2D eigenvalue weighted by molar-refractivity contribution is 8.00. The average molecular weight is 275 g/mol. The summed E-state index contributed by atoms with van der Waals surface area (Å²) in [7, 11) is 0. The van der Waals surface area contributed by atoms with Crippen LogP contribution in [0.4, 0.5) is 0 Å². The maximum Gasteiger partial charge on any atom is 0.220 e. The molecule has 2 saturated heterocycles. The van der Waals surface area contributed by atoms with Crippen LogP contribution in [-0.4, -0.2) is 47.3 Å². The van der Waals surface area contributed by atoms with Gasteiger partial charge in [0.25, 0.3) is 0 Å². The van der Waals surface area contributed by atoms with E-state index in [-0.39, 0.29) is 12.5 Å². The minimum Gasteiger partial charge on any atom is -0.395 e. The molecule has 104 valence electrons. The highest BCUT2D eigenvalue weighted by Gasteiger charge is 2.40. The normalized spacial score (nSPS) is 30.4. The molecule has 2 aliphatic rings. The van der Waals surface area contributed by atoms with Gasteiger partial charge in [-0.3, -0.25) is 4.79 Å². The number of hydrogen-bond donors (Lipinski definition) is 4. The molecule has 0 aromatic carbocycles. The lowest BCUT2D eigenvalue weighted by atomic mass is 10.0. The van der Waals surface area contributed by atoms with Crippen molar-refractivity contribution >= 4 is 17.7 Å². The van der Waals surface area contributed by atoms with E-state index in [1.165, 1.54) is 0 Å². The SMILES string of the molecule is O=C(CCCCC1SCC2NONC21)NCCO. The molecule has 2 rings (SSSR count). The predicted octanol–water partition coefficient (Wildman–Crippen LogP) is -0.453. The lowest BCUT2D eigenvalue weighted by molar-refractivity contribution is -0.121. The van der Waals surface area contributed by atoms with Crippen molar-refractivity contribution in [1.82, 2.24) is 16.3 Å². The van der Waals surface area contributed by atoms with Crippen molar-refractivity contribution in [1.29, 1.82) is 0 Å². The van der Waals surface area contributed by atoms with E-state index >= 15 is 0 Å². The van der Waals surface area contributed by atoms with Gasteiger partial charge in [0, 0.05) is 24.0 Å². The smallest absolute Gasteiger partial charge is 0.220 e. The van der Waals surface area contributed by atoms with Gasteiger partial charge in [-0.15, -0.1) is 0 Å². The third-order valence-corrected chi connectivity index (χ3v) is 4.81. The van der Waals surface area contributed by atoms with Gasteiger partial charge in [-0.1, -0.05) is 6.42 Å². The Morgan fingerprint density at radius 2 is 2.33 bits per heavy atom. The predicted molar refractivity (Wildman–Crippen MR) is 69.7 cm³/mol. The number of fused-ring (bicyclic) bond motifs is 1. The second kappa shape index (κ2) is 7.30. The zero-order chi connectivity index (χ0) is 12.8. The second-order valence-electron chi connectivity index (χ2n) is 4.66. The second-order valence-corrected chi connectivity index (χ2v) is 5.93. The Bertz CT molecular complexity index is 280. The van der Waals surface area contributed by atoms with Crippen LogP contribution in [0.2, 0.25) is 0 Å². The molecule has 7 heteroatoms. The third-order valence-electron chi connectivity index (χ3n) is 3.31. The molecule has 0 aliphatic carbocycles. The Morgan fingerprint density at radius 1 is 1.44 bits per heavy atom. The van der Waals surface area contributed by atoms with Crippen molar-refractivity contribution in [2.24, 2.45) is 0 Å². The third kappa shape index (κ3) is 3.83. The van der Waals surface area contributed by atoms with Gasteiger partial charge < -0.3 is 10.4 Å². The molecule has 3 unspecified atom stereocenters. The molecular weight excluding hydrogens is 254 g/mol. The summed E-state index contributed by atoms with van der Waals surface area (Å²) in [5.74, 6) is 1.12. The molecule has 0 spiro atoms. The quantitative estimate of drug-likeness (QED) is 0.471. The molecule has 4 N–H and O–H groups in total. The van der Waals surface area contributed by atoms with Gasteiger partial charge in [0.15, 0.2) is 0 Å². The molecule has 2 fully saturated rings. The standard InChI is InChI=1S/C11H21N3O3S/c15-6-5-12-10(16)4-2-1-3-9-11-8(7-18-9)13-17-14-11/h8-9,11,13-15H,1-7H2,(H,12,16). The minimum absolute atomic E-state index is 0.00614. The van der Waals surface area contributed by atoms with Crippen LogP contribution in [0.1, 0.15) is 25.7 Å². The van der Waals surface area contributed by atoms with Crippen molar-refractivity contribution in [3.8, 4) is 0 Å². The first-order chi connectivity index (χ1) is 8.81. The summed E-state index contributed by atoms with van der Waals surface area (Å²) in [6, 6.07) is 0.825. The zero-order valence-electron chi connectivity index (χ0n) is 10.4. The first kappa shape index (κ1) is 14.1. The fourth-order valence-corrected chi connectivity index (χ4v) is 3.83. The van der Waals surface area contributed by atoms with E-state index in [1.807, 2.05) is 11.8 Å². The van der Waals surface area contributed by atoms with Gasteiger partial charge in [-0.05, 0) is 12.8 Å². The molecule has 0 aromatic heterocycles. The number of aliphatic hydroxyl groups excluding tert-OH is 1. The van der Waals surface area contributed by atoms with Crippen molar-refractivity contribution in [3.63, 3.8) is 0 Å². The Morgan fingerprint density at radius 3 is 3.17 bits per heavy atom. The average Bonchev–Trinajstić information content (AvgIpc) is 2.95. The monoisotopic (exact) mass is 275 g/mol. The fraction of sp³-hybridized carbons (Fsp3) is 0.909. The van der Waals surface area contributed by atoms with Crippen LogP contribution in [0.25, 0.3) is 0 Å². The molecule has 0 bridgehead atoms. The molecule has 0 saturated carbocycles. The minimum atomic E-state index is 0.00614. The van der Waals surface area contributed by atoms with Crippen LogP contribution < -0.4 is 16.3 Å². The number of nitrogens with one attached hydrogen (secondary N) is 3. The van der Waals surface area contributed by atoms with Crippen LogP contribution >= 0.6 is 11.8 Å². The highest BCUT2D eigenvalue weighted by atomic mass is 32.2. The maximum absolute atomic E-state index is 11.3. The van der Waals surface area contributed by atoms with Crippen molar-refractivity contribution in [3.05, 3.63) is 0 Å².